The third-order valence-electron chi connectivity index (χ3n) is 4.77. The van der Waals surface area contributed by atoms with Gasteiger partial charge in [0.15, 0.2) is 0 Å². The molecular weight excluding hydrogens is 321 g/mol. The first kappa shape index (κ1) is 15.4. The Morgan fingerprint density at radius 2 is 2.08 bits per heavy atom. The molecule has 0 atom stereocenters. The summed E-state index contributed by atoms with van der Waals surface area (Å²) in [7, 11) is 0. The second-order valence-corrected chi connectivity index (χ2v) is 6.30. The number of fused-ring (bicyclic) bond motifs is 5. The topological polar surface area (TPSA) is 73.3 Å². The van der Waals surface area contributed by atoms with Crippen LogP contribution in [0.1, 0.15) is 27.0 Å². The van der Waals surface area contributed by atoms with Crippen LogP contribution in [-0.2, 0) is 19.3 Å². The van der Waals surface area contributed by atoms with E-state index in [0.717, 1.165) is 33.3 Å². The van der Waals surface area contributed by atoms with E-state index in [1.165, 1.54) is 18.2 Å². The minimum absolute atomic E-state index is 0.113. The number of benzene rings is 2. The molecule has 4 nitrogen and oxygen atoms in total. The van der Waals surface area contributed by atoms with Crippen molar-refractivity contribution >= 4 is 16.9 Å². The third kappa shape index (κ3) is 2.31. The van der Waals surface area contributed by atoms with Crippen molar-refractivity contribution in [1.82, 2.24) is 4.98 Å². The number of carboxylic acid groups (broad SMARTS) is 1. The Morgan fingerprint density at radius 3 is 2.80 bits per heavy atom. The molecule has 3 N–H and O–H groups in total. The molecule has 4 rings (SSSR count). The summed E-state index contributed by atoms with van der Waals surface area (Å²) in [5, 5.41) is 20.0. The van der Waals surface area contributed by atoms with Crippen LogP contribution in [0.5, 0.6) is 5.75 Å². The van der Waals surface area contributed by atoms with E-state index in [2.05, 4.69) is 11.6 Å². The Bertz CT molecular complexity index is 1050. The van der Waals surface area contributed by atoms with Gasteiger partial charge in [0.25, 0.3) is 0 Å². The van der Waals surface area contributed by atoms with Crippen LogP contribution in [0.3, 0.4) is 0 Å². The number of hydrogen-bond donors (Lipinski definition) is 3. The predicted molar refractivity (Wildman–Crippen MR) is 93.6 cm³/mol. The molecule has 0 saturated carbocycles. The number of halogens is 1. The lowest BCUT2D eigenvalue weighted by Gasteiger charge is -2.18. The largest absolute Gasteiger partial charge is 0.507 e. The highest BCUT2D eigenvalue weighted by atomic mass is 19.1. The molecule has 2 aromatic carbocycles. The average Bonchev–Trinajstić information content (AvgIpc) is 2.94. The first-order valence-electron chi connectivity index (χ1n) is 8.03. The van der Waals surface area contributed by atoms with E-state index in [1.807, 2.05) is 6.07 Å². The predicted octanol–water partition coefficient (Wildman–Crippen LogP) is 4.20. The van der Waals surface area contributed by atoms with E-state index < -0.39 is 5.97 Å². The molecule has 1 aromatic heterocycles. The standard InChI is InChI=1S/C20H16FNO3/c1-2-3-10-6-14-12-5-4-11-8-15(20(24)25)17(23)9-13(11)18(12)22-19(14)16(21)7-10/h2,6-9,22-23H,1,3-5H2,(H,24,25). The van der Waals surface area contributed by atoms with Gasteiger partial charge in [0, 0.05) is 10.9 Å². The molecule has 0 aliphatic heterocycles. The molecular formula is C20H16FNO3. The van der Waals surface area contributed by atoms with Crippen molar-refractivity contribution < 1.29 is 19.4 Å². The number of carboxylic acids is 1. The number of aromatic nitrogens is 1. The number of carbonyl (C=O) groups is 1. The number of allylic oxidation sites excluding steroid dienone is 1. The summed E-state index contributed by atoms with van der Waals surface area (Å²) in [6.07, 6.45) is 3.65. The lowest BCUT2D eigenvalue weighted by Crippen LogP contribution is -2.06. The fourth-order valence-corrected chi connectivity index (χ4v) is 3.64. The maximum absolute atomic E-state index is 14.5. The Labute approximate surface area is 143 Å². The number of rotatable bonds is 3. The summed E-state index contributed by atoms with van der Waals surface area (Å²) >= 11 is 0. The van der Waals surface area contributed by atoms with Crippen LogP contribution in [-0.4, -0.2) is 21.2 Å². The van der Waals surface area contributed by atoms with Gasteiger partial charge in [-0.2, -0.15) is 0 Å². The van der Waals surface area contributed by atoms with Gasteiger partial charge < -0.3 is 15.2 Å². The van der Waals surface area contributed by atoms with Gasteiger partial charge in [-0.25, -0.2) is 9.18 Å². The molecule has 0 bridgehead atoms. The Morgan fingerprint density at radius 1 is 1.28 bits per heavy atom. The summed E-state index contributed by atoms with van der Waals surface area (Å²) in [6.45, 7) is 3.70. The number of hydrogen-bond acceptors (Lipinski definition) is 2. The zero-order valence-electron chi connectivity index (χ0n) is 13.4. The van der Waals surface area contributed by atoms with Gasteiger partial charge in [0.1, 0.15) is 17.1 Å². The Balaban J connectivity index is 1.96. The van der Waals surface area contributed by atoms with E-state index in [-0.39, 0.29) is 17.1 Å². The molecule has 0 unspecified atom stereocenters. The van der Waals surface area contributed by atoms with Crippen LogP contribution in [0.15, 0.2) is 36.9 Å². The van der Waals surface area contributed by atoms with E-state index in [0.29, 0.717) is 24.8 Å². The van der Waals surface area contributed by atoms with Gasteiger partial charge in [-0.15, -0.1) is 6.58 Å². The monoisotopic (exact) mass is 337 g/mol. The van der Waals surface area contributed by atoms with Gasteiger partial charge in [0.2, 0.25) is 0 Å². The van der Waals surface area contributed by atoms with Gasteiger partial charge >= 0.3 is 5.97 Å². The fourth-order valence-electron chi connectivity index (χ4n) is 3.64. The van der Waals surface area contributed by atoms with Crippen LogP contribution in [0.25, 0.3) is 22.2 Å². The van der Waals surface area contributed by atoms with Crippen molar-refractivity contribution in [3.8, 4) is 17.0 Å². The first-order chi connectivity index (χ1) is 12.0. The third-order valence-corrected chi connectivity index (χ3v) is 4.77. The first-order valence-corrected chi connectivity index (χ1v) is 8.03. The van der Waals surface area contributed by atoms with Crippen molar-refractivity contribution in [1.29, 1.82) is 0 Å². The summed E-state index contributed by atoms with van der Waals surface area (Å²) in [5.74, 6) is -1.77. The van der Waals surface area contributed by atoms with Crippen LogP contribution >= 0.6 is 0 Å². The second kappa shape index (κ2) is 5.48. The van der Waals surface area contributed by atoms with Crippen molar-refractivity contribution in [3.05, 3.63) is 65.0 Å². The van der Waals surface area contributed by atoms with Crippen molar-refractivity contribution in [2.24, 2.45) is 0 Å². The molecule has 0 fully saturated rings. The number of phenols is 1. The lowest BCUT2D eigenvalue weighted by molar-refractivity contribution is 0.0693. The SMILES string of the molecule is C=CCc1cc(F)c2[nH]c3c(c2c1)CCc1cc(C(=O)O)c(O)cc1-3. The minimum Gasteiger partial charge on any atom is -0.507 e. The summed E-state index contributed by atoms with van der Waals surface area (Å²) in [5.41, 5.74) is 4.49. The number of H-pyrrole nitrogens is 1. The molecule has 3 aromatic rings. The summed E-state index contributed by atoms with van der Waals surface area (Å²) in [6, 6.07) is 6.42. The maximum atomic E-state index is 14.5. The quantitative estimate of drug-likeness (QED) is 0.627. The second-order valence-electron chi connectivity index (χ2n) is 6.30. The highest BCUT2D eigenvalue weighted by molar-refractivity contribution is 5.96. The molecule has 0 spiro atoms. The lowest BCUT2D eigenvalue weighted by atomic mass is 9.87. The van der Waals surface area contributed by atoms with E-state index in [9.17, 15) is 14.3 Å². The van der Waals surface area contributed by atoms with Crippen molar-refractivity contribution in [2.45, 2.75) is 19.3 Å². The molecule has 1 aliphatic carbocycles. The average molecular weight is 337 g/mol. The summed E-state index contributed by atoms with van der Waals surface area (Å²) < 4.78 is 14.5. The molecule has 126 valence electrons. The number of aromatic carboxylic acids is 1. The van der Waals surface area contributed by atoms with Crippen molar-refractivity contribution in [3.63, 3.8) is 0 Å². The highest BCUT2D eigenvalue weighted by Crippen LogP contribution is 2.41. The smallest absolute Gasteiger partial charge is 0.339 e. The van der Waals surface area contributed by atoms with Gasteiger partial charge in [-0.1, -0.05) is 6.08 Å². The number of aromatic amines is 1. The number of aromatic hydroxyl groups is 1. The zero-order chi connectivity index (χ0) is 17.7. The number of nitrogens with one attached hydrogen (secondary N) is 1. The van der Waals surface area contributed by atoms with Gasteiger partial charge in [0.05, 0.1) is 11.2 Å². The Kier molecular flexibility index (Phi) is 3.39. The van der Waals surface area contributed by atoms with Crippen LogP contribution in [0.2, 0.25) is 0 Å². The number of aryl methyl sites for hydroxylation is 2. The van der Waals surface area contributed by atoms with Crippen LogP contribution in [0, 0.1) is 5.82 Å². The molecule has 0 saturated heterocycles. The molecule has 1 heterocycles. The van der Waals surface area contributed by atoms with Gasteiger partial charge in [-0.3, -0.25) is 0 Å². The van der Waals surface area contributed by atoms with Gasteiger partial charge in [-0.05, 0) is 60.2 Å². The summed E-state index contributed by atoms with van der Waals surface area (Å²) in [4.78, 5) is 14.3. The highest BCUT2D eigenvalue weighted by Gasteiger charge is 2.25. The van der Waals surface area contributed by atoms with Crippen LogP contribution < -0.4 is 0 Å². The van der Waals surface area contributed by atoms with E-state index in [4.69, 9.17) is 5.11 Å². The fraction of sp³-hybridized carbons (Fsp3) is 0.150. The van der Waals surface area contributed by atoms with Crippen molar-refractivity contribution in [2.75, 3.05) is 0 Å². The molecule has 25 heavy (non-hydrogen) atoms. The maximum Gasteiger partial charge on any atom is 0.339 e. The Hall–Kier alpha value is -3.08. The molecule has 0 amide bonds. The minimum atomic E-state index is -1.16. The zero-order valence-corrected chi connectivity index (χ0v) is 13.4. The van der Waals surface area contributed by atoms with E-state index in [1.54, 1.807) is 6.08 Å². The molecule has 1 aliphatic rings. The molecule has 0 radical (unpaired) electrons. The normalized spacial score (nSPS) is 12.7. The van der Waals surface area contributed by atoms with E-state index >= 15 is 0 Å². The van der Waals surface area contributed by atoms with Crippen LogP contribution in [0.4, 0.5) is 4.39 Å². The molecule has 5 heteroatoms.